The molecule has 2 rings (SSSR count). The van der Waals surface area contributed by atoms with Crippen molar-refractivity contribution < 1.29 is 19.1 Å². The minimum Gasteiger partial charge on any atom is -0.454 e. The lowest BCUT2D eigenvalue weighted by molar-refractivity contribution is -0.156. The first kappa shape index (κ1) is 30.5. The molecule has 2 aliphatic carbocycles. The lowest BCUT2D eigenvalue weighted by atomic mass is 9.71. The van der Waals surface area contributed by atoms with Gasteiger partial charge in [0.05, 0.1) is 6.42 Å². The van der Waals surface area contributed by atoms with Gasteiger partial charge in [-0.2, -0.15) is 0 Å². The first-order valence-corrected chi connectivity index (χ1v) is 13.8. The Labute approximate surface area is 224 Å². The number of hydrogen-bond acceptors (Lipinski definition) is 4. The van der Waals surface area contributed by atoms with E-state index in [-0.39, 0.29) is 29.8 Å². The van der Waals surface area contributed by atoms with Crippen LogP contribution < -0.4 is 0 Å². The summed E-state index contributed by atoms with van der Waals surface area (Å²) in [5.41, 5.74) is 3.44. The van der Waals surface area contributed by atoms with Gasteiger partial charge in [0.1, 0.15) is 5.78 Å². The van der Waals surface area contributed by atoms with E-state index in [1.165, 1.54) is 32.1 Å². The van der Waals surface area contributed by atoms with Crippen molar-refractivity contribution in [1.29, 1.82) is 0 Å². The average Bonchev–Trinajstić information content (AvgIpc) is 2.85. The summed E-state index contributed by atoms with van der Waals surface area (Å²) in [4.78, 5) is 37.8. The van der Waals surface area contributed by atoms with E-state index in [1.54, 1.807) is 13.0 Å². The summed E-state index contributed by atoms with van der Waals surface area (Å²) in [7, 11) is 0. The van der Waals surface area contributed by atoms with E-state index in [9.17, 15) is 14.4 Å². The molecular weight excluding hydrogens is 460 g/mol. The molecule has 1 saturated carbocycles. The Bertz CT molecular complexity index is 993. The molecule has 202 valence electrons. The Morgan fingerprint density at radius 3 is 2.35 bits per heavy atom. The van der Waals surface area contributed by atoms with Crippen molar-refractivity contribution >= 4 is 17.5 Å². The van der Waals surface area contributed by atoms with Gasteiger partial charge in [-0.3, -0.25) is 14.4 Å². The zero-order valence-corrected chi connectivity index (χ0v) is 23.6. The van der Waals surface area contributed by atoms with E-state index in [2.05, 4.69) is 20.4 Å². The van der Waals surface area contributed by atoms with E-state index in [1.807, 2.05) is 50.3 Å². The van der Waals surface area contributed by atoms with Crippen LogP contribution in [0.3, 0.4) is 0 Å². The normalized spacial score (nSPS) is 21.6. The van der Waals surface area contributed by atoms with Crippen LogP contribution in [0.15, 0.2) is 71.4 Å². The summed E-state index contributed by atoms with van der Waals surface area (Å²) in [5.74, 6) is 0.164. The van der Waals surface area contributed by atoms with Gasteiger partial charge in [0.2, 0.25) is 0 Å². The zero-order valence-electron chi connectivity index (χ0n) is 23.6. The second kappa shape index (κ2) is 14.9. The molecule has 0 radical (unpaired) electrons. The molecular formula is C33H46O4. The molecule has 1 atom stereocenters. The first-order chi connectivity index (χ1) is 17.5. The summed E-state index contributed by atoms with van der Waals surface area (Å²) >= 11 is 0. The monoisotopic (exact) mass is 506 g/mol. The molecule has 2 aliphatic rings. The van der Waals surface area contributed by atoms with Crippen LogP contribution in [0.5, 0.6) is 0 Å². The fourth-order valence-corrected chi connectivity index (χ4v) is 5.28. The SMILES string of the molecule is C=C/C=C(C)/C=C/C=C(C)/C=C/C1=C(C)C(=O)C(OC(=O)CCC(=O)CCC2CCCCC2)CC1(C)C. The van der Waals surface area contributed by atoms with Crippen LogP contribution in [0.25, 0.3) is 0 Å². The molecule has 37 heavy (non-hydrogen) atoms. The van der Waals surface area contributed by atoms with Gasteiger partial charge in [0.25, 0.3) is 0 Å². The quantitative estimate of drug-likeness (QED) is 0.198. The summed E-state index contributed by atoms with van der Waals surface area (Å²) < 4.78 is 5.59. The van der Waals surface area contributed by atoms with Crippen LogP contribution >= 0.6 is 0 Å². The lowest BCUT2D eigenvalue weighted by Crippen LogP contribution is -2.39. The molecule has 0 saturated heterocycles. The molecule has 1 unspecified atom stereocenters. The van der Waals surface area contributed by atoms with Gasteiger partial charge in [-0.15, -0.1) is 0 Å². The molecule has 4 nitrogen and oxygen atoms in total. The van der Waals surface area contributed by atoms with E-state index < -0.39 is 12.1 Å². The van der Waals surface area contributed by atoms with Gasteiger partial charge in [0, 0.05) is 19.3 Å². The van der Waals surface area contributed by atoms with Crippen LogP contribution in [0.4, 0.5) is 0 Å². The molecule has 0 aromatic heterocycles. The largest absolute Gasteiger partial charge is 0.454 e. The molecule has 1 fully saturated rings. The topological polar surface area (TPSA) is 60.4 Å². The molecule has 0 amide bonds. The molecule has 0 bridgehead atoms. The van der Waals surface area contributed by atoms with Crippen molar-refractivity contribution in [3.05, 3.63) is 71.4 Å². The Morgan fingerprint density at radius 1 is 1.00 bits per heavy atom. The third-order valence-corrected chi connectivity index (χ3v) is 7.54. The lowest BCUT2D eigenvalue weighted by Gasteiger charge is -2.36. The fraction of sp³-hybridized carbons (Fsp3) is 0.545. The summed E-state index contributed by atoms with van der Waals surface area (Å²) in [6.07, 6.45) is 21.4. The van der Waals surface area contributed by atoms with Crippen molar-refractivity contribution in [3.63, 3.8) is 0 Å². The second-order valence-electron chi connectivity index (χ2n) is 11.3. The minimum atomic E-state index is -0.795. The number of carbonyl (C=O) groups is 3. The highest BCUT2D eigenvalue weighted by molar-refractivity contribution is 6.01. The Morgan fingerprint density at radius 2 is 1.68 bits per heavy atom. The van der Waals surface area contributed by atoms with Gasteiger partial charge >= 0.3 is 5.97 Å². The van der Waals surface area contributed by atoms with Gasteiger partial charge in [-0.05, 0) is 49.7 Å². The van der Waals surface area contributed by atoms with Crippen LogP contribution in [0.2, 0.25) is 0 Å². The van der Waals surface area contributed by atoms with Gasteiger partial charge in [-0.25, -0.2) is 0 Å². The first-order valence-electron chi connectivity index (χ1n) is 13.8. The van der Waals surface area contributed by atoms with E-state index in [0.29, 0.717) is 24.3 Å². The number of carbonyl (C=O) groups excluding carboxylic acids is 3. The van der Waals surface area contributed by atoms with Crippen LogP contribution in [0.1, 0.15) is 98.8 Å². The number of allylic oxidation sites excluding steroid dienone is 10. The highest BCUT2D eigenvalue weighted by Crippen LogP contribution is 2.41. The zero-order chi connectivity index (χ0) is 27.4. The number of esters is 1. The number of hydrogen-bond donors (Lipinski definition) is 0. The predicted octanol–water partition coefficient (Wildman–Crippen LogP) is 8.11. The molecule has 0 aliphatic heterocycles. The maximum absolute atomic E-state index is 13.1. The number of rotatable bonds is 12. The molecule has 0 aromatic carbocycles. The van der Waals surface area contributed by atoms with Gasteiger partial charge in [-0.1, -0.05) is 106 Å². The number of ether oxygens (including phenoxy) is 1. The number of Topliss-reactive ketones (excluding diaryl/α,β-unsaturated/α-hetero) is 2. The van der Waals surface area contributed by atoms with E-state index in [4.69, 9.17) is 4.74 Å². The highest BCUT2D eigenvalue weighted by Gasteiger charge is 2.39. The maximum Gasteiger partial charge on any atom is 0.306 e. The molecule has 4 heteroatoms. The summed E-state index contributed by atoms with van der Waals surface area (Å²) in [6, 6.07) is 0. The van der Waals surface area contributed by atoms with Gasteiger partial charge < -0.3 is 4.74 Å². The average molecular weight is 507 g/mol. The van der Waals surface area contributed by atoms with Crippen molar-refractivity contribution in [2.75, 3.05) is 0 Å². The summed E-state index contributed by atoms with van der Waals surface area (Å²) in [6.45, 7) is 13.7. The van der Waals surface area contributed by atoms with E-state index >= 15 is 0 Å². The Balaban J connectivity index is 1.92. The molecule has 0 aromatic rings. The molecule has 0 heterocycles. The predicted molar refractivity (Wildman–Crippen MR) is 152 cm³/mol. The summed E-state index contributed by atoms with van der Waals surface area (Å²) in [5, 5.41) is 0. The minimum absolute atomic E-state index is 0.0438. The van der Waals surface area contributed by atoms with Gasteiger partial charge in [0.15, 0.2) is 11.9 Å². The second-order valence-corrected chi connectivity index (χ2v) is 11.3. The van der Waals surface area contributed by atoms with Crippen molar-refractivity contribution in [3.8, 4) is 0 Å². The van der Waals surface area contributed by atoms with E-state index in [0.717, 1.165) is 23.1 Å². The third kappa shape index (κ3) is 10.3. The van der Waals surface area contributed by atoms with Crippen LogP contribution in [0, 0.1) is 11.3 Å². The fourth-order valence-electron chi connectivity index (χ4n) is 5.28. The van der Waals surface area contributed by atoms with Crippen LogP contribution in [-0.4, -0.2) is 23.6 Å². The third-order valence-electron chi connectivity index (χ3n) is 7.54. The molecule has 0 spiro atoms. The maximum atomic E-state index is 13.1. The Kier molecular flexibility index (Phi) is 12.2. The smallest absolute Gasteiger partial charge is 0.306 e. The van der Waals surface area contributed by atoms with Crippen molar-refractivity contribution in [1.82, 2.24) is 0 Å². The molecule has 0 N–H and O–H groups in total. The van der Waals surface area contributed by atoms with Crippen LogP contribution in [-0.2, 0) is 19.1 Å². The van der Waals surface area contributed by atoms with Crippen molar-refractivity contribution in [2.24, 2.45) is 11.3 Å². The Hall–Kier alpha value is -2.75. The number of ketones is 2. The standard InChI is InChI=1S/C33H46O4/c1-7-12-24(2)13-11-14-25(3)17-21-29-26(4)32(36)30(23-33(29,5)6)37-31(35)22-20-28(34)19-18-27-15-9-8-10-16-27/h7,11-14,17,21,27,30H,1,8-10,15-16,18-20,22-23H2,2-6H3/b13-11+,21-17+,24-12+,25-14+. The van der Waals surface area contributed by atoms with Crippen molar-refractivity contribution in [2.45, 2.75) is 105 Å². The highest BCUT2D eigenvalue weighted by atomic mass is 16.5.